The van der Waals surface area contributed by atoms with Gasteiger partial charge in [-0.3, -0.25) is 0 Å². The predicted octanol–water partition coefficient (Wildman–Crippen LogP) is 3.43. The van der Waals surface area contributed by atoms with Crippen LogP contribution in [0.1, 0.15) is 11.1 Å². The van der Waals surface area contributed by atoms with Crippen LogP contribution >= 0.6 is 0 Å². The molecule has 0 nitrogen and oxygen atoms in total. The van der Waals surface area contributed by atoms with Crippen LogP contribution in [0.4, 0.5) is 0 Å². The molecule has 0 bridgehead atoms. The smallest absolute Gasteiger partial charge is 0 e. The van der Waals surface area contributed by atoms with Crippen LogP contribution in [0.5, 0.6) is 0 Å². The van der Waals surface area contributed by atoms with Gasteiger partial charge < -0.3 is 0 Å². The zero-order valence-electron chi connectivity index (χ0n) is 7.94. The van der Waals surface area contributed by atoms with Crippen molar-refractivity contribution in [2.24, 2.45) is 0 Å². The van der Waals surface area contributed by atoms with Crippen LogP contribution < -0.4 is 0 Å². The summed E-state index contributed by atoms with van der Waals surface area (Å²) in [5.41, 5.74) is 2.69. The number of rotatable bonds is 0. The molecule has 0 spiro atoms. The Morgan fingerprint density at radius 3 is 0.923 bits per heavy atom. The zero-order valence-corrected chi connectivity index (χ0v) is 8.92. The Balaban J connectivity index is 0.000000206. The standard InChI is InChI=1S/2C6H7.Ni/c2*1-6-4-2-3-5-6;/h2*2-5H,1H3;/q2*-1;. The van der Waals surface area contributed by atoms with Gasteiger partial charge in [0.15, 0.2) is 0 Å². The number of hydrogen-bond acceptors (Lipinski definition) is 0. The molecule has 0 aliphatic rings. The SMILES string of the molecule is C[c-]1cccc1.C[c-]1cccc1.[Ni]. The molecular formula is C12H14Ni-2. The average molecular weight is 217 g/mol. The van der Waals surface area contributed by atoms with Crippen molar-refractivity contribution in [2.45, 2.75) is 13.8 Å². The van der Waals surface area contributed by atoms with Gasteiger partial charge in [0.05, 0.1) is 0 Å². The molecule has 0 aliphatic carbocycles. The monoisotopic (exact) mass is 216 g/mol. The molecule has 0 aromatic heterocycles. The Bertz CT molecular complexity index is 245. The fourth-order valence-corrected chi connectivity index (χ4v) is 0.940. The predicted molar refractivity (Wildman–Crippen MR) is 53.5 cm³/mol. The van der Waals surface area contributed by atoms with E-state index in [4.69, 9.17) is 0 Å². The van der Waals surface area contributed by atoms with Gasteiger partial charge in [-0.15, -0.1) is 0 Å². The van der Waals surface area contributed by atoms with Crippen molar-refractivity contribution in [2.75, 3.05) is 0 Å². The molecule has 0 atom stereocenters. The second-order valence-electron chi connectivity index (χ2n) is 2.92. The molecular weight excluding hydrogens is 203 g/mol. The second kappa shape index (κ2) is 6.68. The van der Waals surface area contributed by atoms with E-state index in [0.717, 1.165) is 0 Å². The van der Waals surface area contributed by atoms with Crippen LogP contribution in [0.2, 0.25) is 0 Å². The third kappa shape index (κ3) is 5.44. The molecule has 13 heavy (non-hydrogen) atoms. The third-order valence-corrected chi connectivity index (χ3v) is 1.66. The summed E-state index contributed by atoms with van der Waals surface area (Å²) in [5.74, 6) is 0. The molecule has 2 rings (SSSR count). The van der Waals surface area contributed by atoms with Gasteiger partial charge in [-0.1, -0.05) is 13.8 Å². The van der Waals surface area contributed by atoms with Gasteiger partial charge in [0.1, 0.15) is 0 Å². The van der Waals surface area contributed by atoms with Crippen LogP contribution in [-0.4, -0.2) is 0 Å². The minimum atomic E-state index is 0. The number of aryl methyl sites for hydroxylation is 2. The zero-order chi connectivity index (χ0) is 8.81. The summed E-state index contributed by atoms with van der Waals surface area (Å²) in [6, 6.07) is 16.5. The van der Waals surface area contributed by atoms with Crippen molar-refractivity contribution in [3.05, 3.63) is 59.7 Å². The maximum atomic E-state index is 2.08. The van der Waals surface area contributed by atoms with Crippen LogP contribution in [0.15, 0.2) is 48.5 Å². The van der Waals surface area contributed by atoms with Gasteiger partial charge in [0, 0.05) is 16.5 Å². The Hall–Kier alpha value is -0.806. The first-order valence-corrected chi connectivity index (χ1v) is 4.15. The summed E-state index contributed by atoms with van der Waals surface area (Å²) < 4.78 is 0. The van der Waals surface area contributed by atoms with Gasteiger partial charge in [-0.05, 0) is 0 Å². The minimum Gasteiger partial charge on any atom is -0.213 e. The fraction of sp³-hybridized carbons (Fsp3) is 0.167. The molecule has 0 N–H and O–H groups in total. The van der Waals surface area contributed by atoms with Crippen molar-refractivity contribution >= 4 is 0 Å². The van der Waals surface area contributed by atoms with E-state index in [2.05, 4.69) is 38.1 Å². The Morgan fingerprint density at radius 2 is 0.846 bits per heavy atom. The first-order valence-electron chi connectivity index (χ1n) is 4.15. The van der Waals surface area contributed by atoms with E-state index >= 15 is 0 Å². The summed E-state index contributed by atoms with van der Waals surface area (Å²) >= 11 is 0. The van der Waals surface area contributed by atoms with Crippen molar-refractivity contribution < 1.29 is 16.5 Å². The number of hydrogen-bond donors (Lipinski definition) is 0. The van der Waals surface area contributed by atoms with E-state index in [1.165, 1.54) is 11.1 Å². The van der Waals surface area contributed by atoms with Crippen molar-refractivity contribution in [1.82, 2.24) is 0 Å². The maximum absolute atomic E-state index is 2.08. The van der Waals surface area contributed by atoms with Gasteiger partial charge in [0.2, 0.25) is 0 Å². The summed E-state index contributed by atoms with van der Waals surface area (Å²) in [4.78, 5) is 0. The van der Waals surface area contributed by atoms with E-state index in [0.29, 0.717) is 0 Å². The summed E-state index contributed by atoms with van der Waals surface area (Å²) in [6.45, 7) is 4.17. The molecule has 2 aromatic rings. The molecule has 74 valence electrons. The van der Waals surface area contributed by atoms with Crippen molar-refractivity contribution in [1.29, 1.82) is 0 Å². The molecule has 1 heteroatoms. The van der Waals surface area contributed by atoms with E-state index in [1.54, 1.807) is 0 Å². The first kappa shape index (κ1) is 12.2. The summed E-state index contributed by atoms with van der Waals surface area (Å²) in [6.07, 6.45) is 0. The Morgan fingerprint density at radius 1 is 0.615 bits per heavy atom. The largest absolute Gasteiger partial charge is 0.213 e. The van der Waals surface area contributed by atoms with Crippen LogP contribution in [0, 0.1) is 13.8 Å². The normalized spacial score (nSPS) is 8.15. The second-order valence-corrected chi connectivity index (χ2v) is 2.92. The van der Waals surface area contributed by atoms with Crippen molar-refractivity contribution in [3.8, 4) is 0 Å². The molecule has 0 unspecified atom stereocenters. The van der Waals surface area contributed by atoms with E-state index < -0.39 is 0 Å². The Kier molecular flexibility index (Phi) is 6.27. The van der Waals surface area contributed by atoms with Gasteiger partial charge in [-0.2, -0.15) is 35.4 Å². The maximum Gasteiger partial charge on any atom is 0 e. The summed E-state index contributed by atoms with van der Waals surface area (Å²) in [5, 5.41) is 0. The quantitative estimate of drug-likeness (QED) is 0.468. The molecule has 0 saturated carbocycles. The van der Waals surface area contributed by atoms with Gasteiger partial charge in [0.25, 0.3) is 0 Å². The average Bonchev–Trinajstić information content (AvgIpc) is 2.63. The van der Waals surface area contributed by atoms with Gasteiger partial charge in [-0.25, -0.2) is 24.3 Å². The van der Waals surface area contributed by atoms with Crippen molar-refractivity contribution in [3.63, 3.8) is 0 Å². The van der Waals surface area contributed by atoms with Gasteiger partial charge >= 0.3 is 0 Å². The van der Waals surface area contributed by atoms with Crippen LogP contribution in [0.3, 0.4) is 0 Å². The molecule has 0 amide bonds. The molecule has 0 aliphatic heterocycles. The third-order valence-electron chi connectivity index (χ3n) is 1.66. The fourth-order valence-electron chi connectivity index (χ4n) is 0.940. The topological polar surface area (TPSA) is 0 Å². The molecule has 2 aromatic carbocycles. The molecule has 0 fully saturated rings. The first-order chi connectivity index (χ1) is 5.79. The Labute approximate surface area is 90.2 Å². The van der Waals surface area contributed by atoms with E-state index in [9.17, 15) is 0 Å². The molecule has 0 saturated heterocycles. The summed E-state index contributed by atoms with van der Waals surface area (Å²) in [7, 11) is 0. The van der Waals surface area contributed by atoms with E-state index in [1.807, 2.05) is 24.3 Å². The molecule has 0 radical (unpaired) electrons. The van der Waals surface area contributed by atoms with Crippen LogP contribution in [-0.2, 0) is 16.5 Å². The van der Waals surface area contributed by atoms with E-state index in [-0.39, 0.29) is 16.5 Å². The van der Waals surface area contributed by atoms with Crippen LogP contribution in [0.25, 0.3) is 0 Å². The minimum absolute atomic E-state index is 0. The molecule has 0 heterocycles.